The first-order valence-electron chi connectivity index (χ1n) is 6.64. The van der Waals surface area contributed by atoms with Crippen LogP contribution in [0.5, 0.6) is 5.75 Å². The Morgan fingerprint density at radius 1 is 1.26 bits per heavy atom. The molecule has 0 atom stereocenters. The van der Waals surface area contributed by atoms with Crippen molar-refractivity contribution in [2.24, 2.45) is 0 Å². The molecular weight excluding hydrogens is 400 g/mol. The lowest BCUT2D eigenvalue weighted by molar-refractivity contribution is 0.101. The Balaban J connectivity index is 0.00000192. The van der Waals surface area contributed by atoms with Gasteiger partial charge in [-0.3, -0.25) is 4.79 Å². The first-order valence-corrected chi connectivity index (χ1v) is 7.83. The number of ketones is 1. The number of para-hydroxylation sites is 1. The monoisotopic (exact) mass is 412 g/mol. The van der Waals surface area contributed by atoms with E-state index in [0.717, 1.165) is 16.0 Å². The van der Waals surface area contributed by atoms with E-state index in [4.69, 9.17) is 16.3 Å². The molecule has 0 bridgehead atoms. The lowest BCUT2D eigenvalue weighted by atomic mass is 10.1. The summed E-state index contributed by atoms with van der Waals surface area (Å²) in [7, 11) is 1.61. The van der Waals surface area contributed by atoms with Gasteiger partial charge in [0.25, 0.3) is 0 Å². The Morgan fingerprint density at radius 2 is 2.04 bits per heavy atom. The average Bonchev–Trinajstić information content (AvgIpc) is 2.96. The number of Topliss-reactive ketones (excluding diaryl/α,β-unsaturated/α-hetero) is 1. The molecule has 120 valence electrons. The number of thiazole rings is 1. The Labute approximate surface area is 153 Å². The highest BCUT2D eigenvalue weighted by atomic mass is 79.9. The molecule has 3 rings (SSSR count). The average molecular weight is 414 g/mol. The molecule has 0 amide bonds. The van der Waals surface area contributed by atoms with Crippen LogP contribution in [0.2, 0.25) is 5.02 Å². The maximum Gasteiger partial charge on any atom is 0.184 e. The van der Waals surface area contributed by atoms with E-state index in [0.29, 0.717) is 15.7 Å². The van der Waals surface area contributed by atoms with E-state index in [9.17, 15) is 4.79 Å². The molecule has 1 N–H and O–H groups in total. The van der Waals surface area contributed by atoms with Crippen molar-refractivity contribution in [2.45, 2.75) is 0 Å². The predicted octanol–water partition coefficient (Wildman–Crippen LogP) is 4.83. The van der Waals surface area contributed by atoms with E-state index in [1.807, 2.05) is 18.2 Å². The maximum absolute atomic E-state index is 12.2. The second-order valence-electron chi connectivity index (χ2n) is 4.58. The zero-order chi connectivity index (χ0) is 15.5. The van der Waals surface area contributed by atoms with E-state index < -0.39 is 0 Å². The zero-order valence-electron chi connectivity index (χ0n) is 12.2. The van der Waals surface area contributed by atoms with Gasteiger partial charge in [-0.15, -0.1) is 17.0 Å². The standard InChI is InChI=1S/C16H13ClN2O2S.BrH/c1-21-13-7-4-8-14-15(13)19-16(22-14)18-9-12(20)10-5-2-3-6-11(10)17;/h2-8H,9H2,1H3,(H,18,19);1H. The molecule has 7 heteroatoms. The number of anilines is 1. The van der Waals surface area contributed by atoms with Crippen molar-refractivity contribution in [3.63, 3.8) is 0 Å². The van der Waals surface area contributed by atoms with Gasteiger partial charge in [-0.1, -0.05) is 41.1 Å². The van der Waals surface area contributed by atoms with Gasteiger partial charge in [0.2, 0.25) is 0 Å². The third-order valence-electron chi connectivity index (χ3n) is 3.18. The van der Waals surface area contributed by atoms with E-state index in [1.54, 1.807) is 31.4 Å². The van der Waals surface area contributed by atoms with Crippen molar-refractivity contribution >= 4 is 61.1 Å². The molecule has 1 aromatic heterocycles. The Hall–Kier alpha value is -1.63. The molecule has 1 heterocycles. The van der Waals surface area contributed by atoms with Crippen molar-refractivity contribution < 1.29 is 9.53 Å². The molecule has 0 fully saturated rings. The van der Waals surface area contributed by atoms with Crippen LogP contribution in [0.25, 0.3) is 10.2 Å². The highest BCUT2D eigenvalue weighted by Gasteiger charge is 2.12. The van der Waals surface area contributed by atoms with Gasteiger partial charge < -0.3 is 10.1 Å². The van der Waals surface area contributed by atoms with Gasteiger partial charge in [0.1, 0.15) is 11.3 Å². The minimum atomic E-state index is -0.0724. The van der Waals surface area contributed by atoms with Gasteiger partial charge in [-0.2, -0.15) is 0 Å². The third-order valence-corrected chi connectivity index (χ3v) is 4.48. The second-order valence-corrected chi connectivity index (χ2v) is 6.02. The molecule has 3 aromatic rings. The number of halogens is 2. The number of hydrogen-bond donors (Lipinski definition) is 1. The summed E-state index contributed by atoms with van der Waals surface area (Å²) >= 11 is 7.51. The molecule has 0 aliphatic rings. The first kappa shape index (κ1) is 17.7. The van der Waals surface area contributed by atoms with Gasteiger partial charge in [0, 0.05) is 5.56 Å². The van der Waals surface area contributed by atoms with Gasteiger partial charge in [-0.05, 0) is 24.3 Å². The van der Waals surface area contributed by atoms with Crippen molar-refractivity contribution in [1.82, 2.24) is 4.98 Å². The first-order chi connectivity index (χ1) is 10.7. The summed E-state index contributed by atoms with van der Waals surface area (Å²) in [6, 6.07) is 12.8. The van der Waals surface area contributed by atoms with Gasteiger partial charge in [-0.25, -0.2) is 4.98 Å². The van der Waals surface area contributed by atoms with Gasteiger partial charge in [0.15, 0.2) is 10.9 Å². The molecule has 0 unspecified atom stereocenters. The molecule has 0 saturated carbocycles. The maximum atomic E-state index is 12.2. The topological polar surface area (TPSA) is 51.2 Å². The minimum absolute atomic E-state index is 0. The molecule has 23 heavy (non-hydrogen) atoms. The fourth-order valence-corrected chi connectivity index (χ4v) is 3.22. The fraction of sp³-hybridized carbons (Fsp3) is 0.125. The minimum Gasteiger partial charge on any atom is -0.494 e. The number of benzene rings is 2. The highest BCUT2D eigenvalue weighted by Crippen LogP contribution is 2.32. The quantitative estimate of drug-likeness (QED) is 0.609. The third kappa shape index (κ3) is 3.83. The SMILES string of the molecule is Br.COc1cccc2sc(NCC(=O)c3ccccc3Cl)nc12. The molecule has 2 aromatic carbocycles. The van der Waals surface area contributed by atoms with Crippen LogP contribution in [0.4, 0.5) is 5.13 Å². The number of methoxy groups -OCH3 is 1. The number of rotatable bonds is 5. The normalized spacial score (nSPS) is 10.2. The van der Waals surface area contributed by atoms with Crippen molar-refractivity contribution in [1.29, 1.82) is 0 Å². The molecule has 0 radical (unpaired) electrons. The van der Waals surface area contributed by atoms with Crippen molar-refractivity contribution in [3.8, 4) is 5.75 Å². The summed E-state index contributed by atoms with van der Waals surface area (Å²) in [6.07, 6.45) is 0. The zero-order valence-corrected chi connectivity index (χ0v) is 15.5. The van der Waals surface area contributed by atoms with Crippen LogP contribution in [-0.4, -0.2) is 24.4 Å². The molecule has 4 nitrogen and oxygen atoms in total. The number of nitrogens with zero attached hydrogens (tertiary/aromatic N) is 1. The van der Waals surface area contributed by atoms with Crippen LogP contribution in [-0.2, 0) is 0 Å². The van der Waals surface area contributed by atoms with E-state index in [1.165, 1.54) is 11.3 Å². The molecule has 0 saturated heterocycles. The number of hydrogen-bond acceptors (Lipinski definition) is 5. The molecule has 0 spiro atoms. The number of ether oxygens (including phenoxy) is 1. The van der Waals surface area contributed by atoms with Gasteiger partial charge >= 0.3 is 0 Å². The van der Waals surface area contributed by atoms with Gasteiger partial charge in [0.05, 0.1) is 23.4 Å². The summed E-state index contributed by atoms with van der Waals surface area (Å²) in [4.78, 5) is 16.7. The van der Waals surface area contributed by atoms with Crippen molar-refractivity contribution in [3.05, 3.63) is 53.1 Å². The number of fused-ring (bicyclic) bond motifs is 1. The molecular formula is C16H14BrClN2O2S. The summed E-state index contributed by atoms with van der Waals surface area (Å²) < 4.78 is 6.29. The smallest absolute Gasteiger partial charge is 0.184 e. The molecule has 0 aliphatic heterocycles. The number of carbonyl (C=O) groups is 1. The Kier molecular flexibility index (Phi) is 5.98. The van der Waals surface area contributed by atoms with Crippen LogP contribution < -0.4 is 10.1 Å². The second kappa shape index (κ2) is 7.77. The van der Waals surface area contributed by atoms with Crippen LogP contribution in [0.1, 0.15) is 10.4 Å². The Bertz CT molecular complexity index is 838. The summed E-state index contributed by atoms with van der Waals surface area (Å²) in [5.74, 6) is 0.649. The highest BCUT2D eigenvalue weighted by molar-refractivity contribution is 8.93. The number of carbonyl (C=O) groups excluding carboxylic acids is 1. The lowest BCUT2D eigenvalue weighted by Gasteiger charge is -2.04. The van der Waals surface area contributed by atoms with E-state index >= 15 is 0 Å². The molecule has 0 aliphatic carbocycles. The van der Waals surface area contributed by atoms with Crippen LogP contribution in [0, 0.1) is 0 Å². The predicted molar refractivity (Wildman–Crippen MR) is 101 cm³/mol. The van der Waals surface area contributed by atoms with E-state index in [2.05, 4.69) is 10.3 Å². The summed E-state index contributed by atoms with van der Waals surface area (Å²) in [5, 5.41) is 4.19. The van der Waals surface area contributed by atoms with Crippen LogP contribution in [0.15, 0.2) is 42.5 Å². The lowest BCUT2D eigenvalue weighted by Crippen LogP contribution is -2.14. The largest absolute Gasteiger partial charge is 0.494 e. The van der Waals surface area contributed by atoms with Crippen LogP contribution >= 0.6 is 39.9 Å². The fourth-order valence-electron chi connectivity index (χ4n) is 2.10. The number of nitrogens with one attached hydrogen (secondary N) is 1. The van der Waals surface area contributed by atoms with E-state index in [-0.39, 0.29) is 29.3 Å². The summed E-state index contributed by atoms with van der Waals surface area (Å²) in [5.41, 5.74) is 1.30. The van der Waals surface area contributed by atoms with Crippen molar-refractivity contribution in [2.75, 3.05) is 19.0 Å². The Morgan fingerprint density at radius 3 is 2.78 bits per heavy atom. The summed E-state index contributed by atoms with van der Waals surface area (Å²) in [6.45, 7) is 0.145. The van der Waals surface area contributed by atoms with Crippen LogP contribution in [0.3, 0.4) is 0 Å². The number of aromatic nitrogens is 1.